The number of likely N-dealkylation sites (N-methyl/N-ethyl adjacent to an activating group) is 1. The summed E-state index contributed by atoms with van der Waals surface area (Å²) in [5, 5.41) is 2.80. The molecule has 0 bridgehead atoms. The Hall–Kier alpha value is -1.92. The summed E-state index contributed by atoms with van der Waals surface area (Å²) in [5.41, 5.74) is 0.390. The largest absolute Gasteiger partial charge is 0.373 e. The maximum absolute atomic E-state index is 13.1. The number of hydrogen-bond donors (Lipinski definition) is 1. The molecule has 1 spiro atoms. The third-order valence-electron chi connectivity index (χ3n) is 5.43. The molecule has 2 saturated heterocycles. The van der Waals surface area contributed by atoms with Gasteiger partial charge < -0.3 is 19.9 Å². The highest BCUT2D eigenvalue weighted by Crippen LogP contribution is 2.29. The Morgan fingerprint density at radius 2 is 2.00 bits per heavy atom. The van der Waals surface area contributed by atoms with E-state index in [1.54, 1.807) is 4.90 Å². The van der Waals surface area contributed by atoms with Gasteiger partial charge in [-0.3, -0.25) is 9.59 Å². The van der Waals surface area contributed by atoms with E-state index in [1.165, 1.54) is 0 Å². The SMILES string of the molecule is C[C@H](C(=O)N1CCN(C)CC12CNC2=O)[C@@H](C)OCc1ccccc1. The fourth-order valence-electron chi connectivity index (χ4n) is 3.52. The molecule has 3 atom stereocenters. The molecule has 0 aliphatic carbocycles. The lowest BCUT2D eigenvalue weighted by Gasteiger charge is -2.54. The van der Waals surface area contributed by atoms with Gasteiger partial charge in [-0.15, -0.1) is 0 Å². The van der Waals surface area contributed by atoms with E-state index in [4.69, 9.17) is 4.74 Å². The van der Waals surface area contributed by atoms with Crippen LogP contribution in [0.3, 0.4) is 0 Å². The number of carbonyl (C=O) groups excluding carboxylic acids is 2. The van der Waals surface area contributed by atoms with Gasteiger partial charge in [-0.25, -0.2) is 0 Å². The van der Waals surface area contributed by atoms with Crippen molar-refractivity contribution in [3.63, 3.8) is 0 Å². The van der Waals surface area contributed by atoms with Crippen molar-refractivity contribution in [1.82, 2.24) is 15.1 Å². The first-order chi connectivity index (χ1) is 11.9. The van der Waals surface area contributed by atoms with Crippen molar-refractivity contribution in [3.05, 3.63) is 35.9 Å². The minimum absolute atomic E-state index is 0.00325. The number of carbonyl (C=O) groups is 2. The summed E-state index contributed by atoms with van der Waals surface area (Å²) in [6.45, 7) is 6.79. The van der Waals surface area contributed by atoms with Crippen molar-refractivity contribution in [2.75, 3.05) is 33.2 Å². The molecule has 0 aromatic heterocycles. The van der Waals surface area contributed by atoms with Crippen LogP contribution in [0.1, 0.15) is 19.4 Å². The van der Waals surface area contributed by atoms with E-state index in [-0.39, 0.29) is 23.8 Å². The smallest absolute Gasteiger partial charge is 0.249 e. The van der Waals surface area contributed by atoms with E-state index in [2.05, 4.69) is 10.2 Å². The predicted octanol–water partition coefficient (Wildman–Crippen LogP) is 0.870. The van der Waals surface area contributed by atoms with Crippen LogP contribution in [0.15, 0.2) is 30.3 Å². The fourth-order valence-corrected chi connectivity index (χ4v) is 3.52. The molecule has 136 valence electrons. The van der Waals surface area contributed by atoms with Gasteiger partial charge in [0.2, 0.25) is 11.8 Å². The van der Waals surface area contributed by atoms with Crippen LogP contribution in [-0.2, 0) is 20.9 Å². The van der Waals surface area contributed by atoms with E-state index in [0.29, 0.717) is 26.2 Å². The lowest BCUT2D eigenvalue weighted by Crippen LogP contribution is -2.80. The third-order valence-corrected chi connectivity index (χ3v) is 5.43. The van der Waals surface area contributed by atoms with E-state index in [9.17, 15) is 9.59 Å². The molecule has 0 radical (unpaired) electrons. The lowest BCUT2D eigenvalue weighted by atomic mass is 9.84. The Labute approximate surface area is 149 Å². The molecular weight excluding hydrogens is 318 g/mol. The van der Waals surface area contributed by atoms with Gasteiger partial charge in [0.15, 0.2) is 5.54 Å². The highest BCUT2D eigenvalue weighted by atomic mass is 16.5. The highest BCUT2D eigenvalue weighted by molar-refractivity contribution is 5.97. The molecule has 2 amide bonds. The van der Waals surface area contributed by atoms with Crippen molar-refractivity contribution < 1.29 is 14.3 Å². The monoisotopic (exact) mass is 345 g/mol. The summed E-state index contributed by atoms with van der Waals surface area (Å²) in [6.07, 6.45) is -0.215. The second-order valence-electron chi connectivity index (χ2n) is 7.23. The summed E-state index contributed by atoms with van der Waals surface area (Å²) >= 11 is 0. The van der Waals surface area contributed by atoms with Crippen LogP contribution in [0.4, 0.5) is 0 Å². The van der Waals surface area contributed by atoms with Crippen molar-refractivity contribution in [2.45, 2.75) is 32.1 Å². The molecule has 2 aliphatic heterocycles. The Balaban J connectivity index is 1.63. The van der Waals surface area contributed by atoms with Crippen molar-refractivity contribution >= 4 is 11.8 Å². The van der Waals surface area contributed by atoms with E-state index >= 15 is 0 Å². The number of piperazine rings is 1. The van der Waals surface area contributed by atoms with Crippen LogP contribution >= 0.6 is 0 Å². The maximum atomic E-state index is 13.1. The molecule has 1 aromatic rings. The Morgan fingerprint density at radius 3 is 2.60 bits per heavy atom. The summed E-state index contributed by atoms with van der Waals surface area (Å²) in [6, 6.07) is 9.93. The van der Waals surface area contributed by atoms with E-state index in [1.807, 2.05) is 51.2 Å². The topological polar surface area (TPSA) is 61.9 Å². The van der Waals surface area contributed by atoms with Crippen LogP contribution in [0.5, 0.6) is 0 Å². The third kappa shape index (κ3) is 3.41. The Morgan fingerprint density at radius 1 is 1.28 bits per heavy atom. The zero-order chi connectivity index (χ0) is 18.0. The van der Waals surface area contributed by atoms with Crippen molar-refractivity contribution in [1.29, 1.82) is 0 Å². The number of β-lactam (4-membered cyclic amide) rings is 1. The minimum atomic E-state index is -0.697. The second kappa shape index (κ2) is 7.14. The van der Waals surface area contributed by atoms with Gasteiger partial charge in [0.05, 0.1) is 25.2 Å². The summed E-state index contributed by atoms with van der Waals surface area (Å²) in [7, 11) is 1.99. The molecule has 1 N–H and O–H groups in total. The van der Waals surface area contributed by atoms with Gasteiger partial charge >= 0.3 is 0 Å². The molecule has 25 heavy (non-hydrogen) atoms. The van der Waals surface area contributed by atoms with Gasteiger partial charge in [-0.2, -0.15) is 0 Å². The van der Waals surface area contributed by atoms with E-state index in [0.717, 1.165) is 12.1 Å². The number of hydrogen-bond acceptors (Lipinski definition) is 4. The van der Waals surface area contributed by atoms with Gasteiger partial charge in [-0.05, 0) is 19.5 Å². The van der Waals surface area contributed by atoms with Crippen molar-refractivity contribution in [3.8, 4) is 0 Å². The predicted molar refractivity (Wildman–Crippen MR) is 94.8 cm³/mol. The standard InChI is InChI=1S/C19H27N3O3/c1-14(15(2)25-11-16-7-5-4-6-8-16)17(23)22-10-9-21(3)13-19(22)12-20-18(19)24/h4-8,14-15H,9-13H2,1-3H3,(H,20,24)/t14-,15+,19?/m0/s1. The Kier molecular flexibility index (Phi) is 5.11. The van der Waals surface area contributed by atoms with Gasteiger partial charge in [-0.1, -0.05) is 37.3 Å². The number of amides is 2. The zero-order valence-electron chi connectivity index (χ0n) is 15.2. The summed E-state index contributed by atoms with van der Waals surface area (Å²) < 4.78 is 5.91. The highest BCUT2D eigenvalue weighted by Gasteiger charge is 2.55. The number of nitrogens with one attached hydrogen (secondary N) is 1. The first-order valence-electron chi connectivity index (χ1n) is 8.88. The molecule has 6 nitrogen and oxygen atoms in total. The maximum Gasteiger partial charge on any atom is 0.249 e. The molecule has 2 fully saturated rings. The number of benzene rings is 1. The molecule has 1 aromatic carbocycles. The number of ether oxygens (including phenoxy) is 1. The fraction of sp³-hybridized carbons (Fsp3) is 0.579. The average Bonchev–Trinajstić information content (AvgIpc) is 2.64. The van der Waals surface area contributed by atoms with Crippen LogP contribution in [0, 0.1) is 5.92 Å². The van der Waals surface area contributed by atoms with Gasteiger partial charge in [0, 0.05) is 19.6 Å². The van der Waals surface area contributed by atoms with Crippen molar-refractivity contribution in [2.24, 2.45) is 5.92 Å². The van der Waals surface area contributed by atoms with Crippen LogP contribution < -0.4 is 5.32 Å². The molecule has 0 saturated carbocycles. The van der Waals surface area contributed by atoms with E-state index < -0.39 is 5.54 Å². The quantitative estimate of drug-likeness (QED) is 0.805. The van der Waals surface area contributed by atoms with Crippen LogP contribution in [0.25, 0.3) is 0 Å². The summed E-state index contributed by atoms with van der Waals surface area (Å²) in [5.74, 6) is -0.335. The normalized spacial score (nSPS) is 26.0. The first-order valence-corrected chi connectivity index (χ1v) is 8.88. The molecule has 2 aliphatic rings. The van der Waals surface area contributed by atoms with Gasteiger partial charge in [0.25, 0.3) is 0 Å². The molecule has 1 unspecified atom stereocenters. The number of rotatable bonds is 5. The molecule has 2 heterocycles. The van der Waals surface area contributed by atoms with Crippen LogP contribution in [0.2, 0.25) is 0 Å². The minimum Gasteiger partial charge on any atom is -0.373 e. The molecule has 3 rings (SSSR count). The summed E-state index contributed by atoms with van der Waals surface area (Å²) in [4.78, 5) is 29.2. The second-order valence-corrected chi connectivity index (χ2v) is 7.23. The van der Waals surface area contributed by atoms with Gasteiger partial charge in [0.1, 0.15) is 0 Å². The molecule has 6 heteroatoms. The zero-order valence-corrected chi connectivity index (χ0v) is 15.2. The first kappa shape index (κ1) is 17.9. The lowest BCUT2D eigenvalue weighted by molar-refractivity contribution is -0.166. The van der Waals surface area contributed by atoms with Crippen LogP contribution in [-0.4, -0.2) is 66.5 Å². The molecular formula is C19H27N3O3. The number of nitrogens with zero attached hydrogens (tertiary/aromatic N) is 2. The average molecular weight is 345 g/mol. The Bertz CT molecular complexity index is 636.